The number of anilines is 1. The maximum atomic E-state index is 13.1. The van der Waals surface area contributed by atoms with Gasteiger partial charge in [0.25, 0.3) is 11.6 Å². The van der Waals surface area contributed by atoms with Crippen LogP contribution in [0, 0.1) is 30.9 Å². The molecule has 0 unspecified atom stereocenters. The Bertz CT molecular complexity index is 1560. The molecule has 0 aliphatic carbocycles. The molecular formula is C29H28N4O6. The Labute approximate surface area is 225 Å². The first-order chi connectivity index (χ1) is 18.7. The highest BCUT2D eigenvalue weighted by Crippen LogP contribution is 2.25. The summed E-state index contributed by atoms with van der Waals surface area (Å²) in [7, 11) is 1.34. The van der Waals surface area contributed by atoms with Crippen molar-refractivity contribution in [2.75, 3.05) is 12.4 Å². The second-order valence-electron chi connectivity index (χ2n) is 9.00. The van der Waals surface area contributed by atoms with Gasteiger partial charge < -0.3 is 14.8 Å². The minimum atomic E-state index is -0.435. The number of hydrogen-bond donors (Lipinski definition) is 1. The Morgan fingerprint density at radius 3 is 2.51 bits per heavy atom. The molecule has 4 aromatic rings. The number of nitrogens with one attached hydrogen (secondary N) is 1. The van der Waals surface area contributed by atoms with E-state index in [0.29, 0.717) is 40.4 Å². The van der Waals surface area contributed by atoms with E-state index in [2.05, 4.69) is 10.4 Å². The molecule has 0 aliphatic heterocycles. The zero-order chi connectivity index (χ0) is 28.1. The Hall–Kier alpha value is -4.99. The number of nitro benzene ring substituents is 1. The van der Waals surface area contributed by atoms with Gasteiger partial charge in [0, 0.05) is 17.2 Å². The third-order valence-corrected chi connectivity index (χ3v) is 6.32. The van der Waals surface area contributed by atoms with E-state index in [4.69, 9.17) is 9.47 Å². The summed E-state index contributed by atoms with van der Waals surface area (Å²) >= 11 is 0. The first kappa shape index (κ1) is 27.1. The van der Waals surface area contributed by atoms with E-state index in [9.17, 15) is 19.7 Å². The fourth-order valence-corrected chi connectivity index (χ4v) is 4.24. The van der Waals surface area contributed by atoms with Crippen LogP contribution >= 0.6 is 0 Å². The molecule has 4 rings (SSSR count). The SMILES string of the molecule is COC(=O)c1ccccc1Cn1nc(C)c(NC(=O)c2cccc(COc3ccc([N+](=O)[O-])c(C)c3)c2)c1C. The normalized spacial score (nSPS) is 10.7. The van der Waals surface area contributed by atoms with Crippen LogP contribution < -0.4 is 10.1 Å². The molecule has 1 heterocycles. The van der Waals surface area contributed by atoms with Gasteiger partial charge in [-0.05, 0) is 62.2 Å². The van der Waals surface area contributed by atoms with Crippen LogP contribution in [-0.2, 0) is 17.9 Å². The lowest BCUT2D eigenvalue weighted by Crippen LogP contribution is -2.14. The molecule has 0 saturated heterocycles. The summed E-state index contributed by atoms with van der Waals surface area (Å²) in [6, 6.07) is 18.8. The number of nitrogens with zero attached hydrogens (tertiary/aromatic N) is 3. The number of nitro groups is 1. The Morgan fingerprint density at radius 1 is 1.03 bits per heavy atom. The van der Waals surface area contributed by atoms with Gasteiger partial charge >= 0.3 is 5.97 Å². The summed E-state index contributed by atoms with van der Waals surface area (Å²) in [6.07, 6.45) is 0. The molecule has 1 N–H and O–H groups in total. The highest BCUT2D eigenvalue weighted by atomic mass is 16.6. The Morgan fingerprint density at radius 2 is 1.79 bits per heavy atom. The highest BCUT2D eigenvalue weighted by molar-refractivity contribution is 6.05. The number of benzene rings is 3. The zero-order valence-corrected chi connectivity index (χ0v) is 22.1. The molecule has 0 spiro atoms. The van der Waals surface area contributed by atoms with Gasteiger partial charge in [0.15, 0.2) is 0 Å². The van der Waals surface area contributed by atoms with Crippen molar-refractivity contribution in [3.05, 3.63) is 116 Å². The van der Waals surface area contributed by atoms with Crippen LogP contribution in [0.2, 0.25) is 0 Å². The van der Waals surface area contributed by atoms with Gasteiger partial charge in [-0.15, -0.1) is 0 Å². The maximum Gasteiger partial charge on any atom is 0.338 e. The molecule has 0 aliphatic rings. The number of aromatic nitrogens is 2. The number of amides is 1. The van der Waals surface area contributed by atoms with Crippen molar-refractivity contribution in [3.8, 4) is 5.75 Å². The molecule has 1 aromatic heterocycles. The van der Waals surface area contributed by atoms with Crippen molar-refractivity contribution in [1.29, 1.82) is 0 Å². The molecule has 0 fully saturated rings. The molecule has 3 aromatic carbocycles. The van der Waals surface area contributed by atoms with Crippen molar-refractivity contribution >= 4 is 23.3 Å². The number of hydrogen-bond acceptors (Lipinski definition) is 7. The van der Waals surface area contributed by atoms with Gasteiger partial charge in [-0.2, -0.15) is 5.10 Å². The van der Waals surface area contributed by atoms with E-state index in [1.165, 1.54) is 13.2 Å². The standard InChI is InChI=1S/C29H28N4O6/c1-18-14-24(12-13-26(18)33(36)37)39-17-21-8-7-10-22(15-21)28(34)30-27-19(2)31-32(20(27)3)16-23-9-5-6-11-25(23)29(35)38-4/h5-15H,16-17H2,1-4H3,(H,30,34). The van der Waals surface area contributed by atoms with Crippen LogP contribution in [0.5, 0.6) is 5.75 Å². The topological polar surface area (TPSA) is 126 Å². The summed E-state index contributed by atoms with van der Waals surface area (Å²) in [5, 5.41) is 18.6. The van der Waals surface area contributed by atoms with Crippen LogP contribution in [-0.4, -0.2) is 33.7 Å². The molecule has 39 heavy (non-hydrogen) atoms. The van der Waals surface area contributed by atoms with Crippen LogP contribution in [0.4, 0.5) is 11.4 Å². The molecule has 0 bridgehead atoms. The molecule has 10 heteroatoms. The van der Waals surface area contributed by atoms with Gasteiger partial charge in [-0.25, -0.2) is 4.79 Å². The Kier molecular flexibility index (Phi) is 8.04. The van der Waals surface area contributed by atoms with E-state index in [1.54, 1.807) is 54.1 Å². The van der Waals surface area contributed by atoms with Crippen LogP contribution in [0.25, 0.3) is 0 Å². The highest BCUT2D eigenvalue weighted by Gasteiger charge is 2.18. The van der Waals surface area contributed by atoms with Crippen LogP contribution in [0.15, 0.2) is 66.7 Å². The number of carbonyl (C=O) groups excluding carboxylic acids is 2. The smallest absolute Gasteiger partial charge is 0.338 e. The average molecular weight is 529 g/mol. The third-order valence-electron chi connectivity index (χ3n) is 6.32. The molecule has 0 radical (unpaired) electrons. The van der Waals surface area contributed by atoms with E-state index < -0.39 is 10.9 Å². The van der Waals surface area contributed by atoms with Crippen LogP contribution in [0.3, 0.4) is 0 Å². The summed E-state index contributed by atoms with van der Waals surface area (Å²) in [6.45, 7) is 5.84. The quantitative estimate of drug-likeness (QED) is 0.176. The van der Waals surface area contributed by atoms with Gasteiger partial charge in [-0.3, -0.25) is 19.6 Å². The number of aryl methyl sites for hydroxylation is 2. The van der Waals surface area contributed by atoms with Gasteiger partial charge in [-0.1, -0.05) is 30.3 Å². The van der Waals surface area contributed by atoms with E-state index in [-0.39, 0.29) is 18.2 Å². The van der Waals surface area contributed by atoms with Crippen LogP contribution in [0.1, 0.15) is 48.8 Å². The monoisotopic (exact) mass is 528 g/mol. The van der Waals surface area contributed by atoms with Crippen molar-refractivity contribution < 1.29 is 24.0 Å². The van der Waals surface area contributed by atoms with Gasteiger partial charge in [0.1, 0.15) is 12.4 Å². The predicted molar refractivity (Wildman–Crippen MR) is 145 cm³/mol. The van der Waals surface area contributed by atoms with Gasteiger partial charge in [0.2, 0.25) is 0 Å². The minimum absolute atomic E-state index is 0.0302. The zero-order valence-electron chi connectivity index (χ0n) is 22.1. The fourth-order valence-electron chi connectivity index (χ4n) is 4.24. The summed E-state index contributed by atoms with van der Waals surface area (Å²) in [4.78, 5) is 35.9. The van der Waals surface area contributed by atoms with E-state index in [0.717, 1.165) is 16.8 Å². The van der Waals surface area contributed by atoms with Crippen molar-refractivity contribution in [1.82, 2.24) is 9.78 Å². The molecular weight excluding hydrogens is 500 g/mol. The molecule has 200 valence electrons. The first-order valence-corrected chi connectivity index (χ1v) is 12.2. The fraction of sp³-hybridized carbons (Fsp3) is 0.207. The second-order valence-corrected chi connectivity index (χ2v) is 9.00. The number of rotatable bonds is 9. The number of ether oxygens (including phenoxy) is 2. The van der Waals surface area contributed by atoms with Crippen molar-refractivity contribution in [2.24, 2.45) is 0 Å². The van der Waals surface area contributed by atoms with Gasteiger partial charge in [0.05, 0.1) is 41.2 Å². The first-order valence-electron chi connectivity index (χ1n) is 12.2. The average Bonchev–Trinajstić information content (AvgIpc) is 3.19. The minimum Gasteiger partial charge on any atom is -0.489 e. The molecule has 0 atom stereocenters. The largest absolute Gasteiger partial charge is 0.489 e. The number of carbonyl (C=O) groups is 2. The predicted octanol–water partition coefficient (Wildman–Crippen LogP) is 5.38. The van der Waals surface area contributed by atoms with E-state index in [1.807, 2.05) is 32.0 Å². The molecule has 1 amide bonds. The second kappa shape index (κ2) is 11.6. The summed E-state index contributed by atoms with van der Waals surface area (Å²) in [5.41, 5.74) is 4.94. The maximum absolute atomic E-state index is 13.1. The van der Waals surface area contributed by atoms with Crippen molar-refractivity contribution in [3.63, 3.8) is 0 Å². The number of methoxy groups -OCH3 is 1. The lowest BCUT2D eigenvalue weighted by molar-refractivity contribution is -0.385. The Balaban J connectivity index is 1.46. The third kappa shape index (κ3) is 6.12. The summed E-state index contributed by atoms with van der Waals surface area (Å²) < 4.78 is 12.4. The lowest BCUT2D eigenvalue weighted by atomic mass is 10.1. The molecule has 10 nitrogen and oxygen atoms in total. The van der Waals surface area contributed by atoms with E-state index >= 15 is 0 Å². The lowest BCUT2D eigenvalue weighted by Gasteiger charge is -2.11. The summed E-state index contributed by atoms with van der Waals surface area (Å²) in [5.74, 6) is -0.225. The molecule has 0 saturated carbocycles. The van der Waals surface area contributed by atoms with Crippen molar-refractivity contribution in [2.45, 2.75) is 33.9 Å². The number of esters is 1.